The molecular formula is C16H14ClN3O3S. The number of aromatic nitrogens is 2. The van der Waals surface area contributed by atoms with Gasteiger partial charge in [-0.05, 0) is 37.3 Å². The number of nitrogens with zero attached hydrogens (tertiary/aromatic N) is 2. The summed E-state index contributed by atoms with van der Waals surface area (Å²) in [5.74, 6) is 0.515. The molecule has 0 atom stereocenters. The van der Waals surface area contributed by atoms with Crippen LogP contribution in [0.1, 0.15) is 16.2 Å². The number of imidazole rings is 1. The zero-order valence-corrected chi connectivity index (χ0v) is 14.3. The van der Waals surface area contributed by atoms with Crippen LogP contribution in [0.5, 0.6) is 0 Å². The van der Waals surface area contributed by atoms with E-state index in [1.807, 2.05) is 31.2 Å². The lowest BCUT2D eigenvalue weighted by Gasteiger charge is -2.08. The minimum atomic E-state index is -3.92. The molecule has 0 aliphatic heterocycles. The summed E-state index contributed by atoms with van der Waals surface area (Å²) in [7, 11) is -3.92. The summed E-state index contributed by atoms with van der Waals surface area (Å²) in [6.07, 6.45) is 0. The first kappa shape index (κ1) is 16.6. The lowest BCUT2D eigenvalue weighted by Crippen LogP contribution is -2.15. The Morgan fingerprint density at radius 3 is 2.62 bits per heavy atom. The van der Waals surface area contributed by atoms with Crippen LogP contribution in [0.15, 0.2) is 47.4 Å². The highest BCUT2D eigenvalue weighted by molar-refractivity contribution is 7.89. The lowest BCUT2D eigenvalue weighted by atomic mass is 10.1. The van der Waals surface area contributed by atoms with Crippen LogP contribution in [0.4, 0.5) is 0 Å². The number of para-hydroxylation sites is 2. The second-order valence-corrected chi connectivity index (χ2v) is 7.28. The first-order valence-electron chi connectivity index (χ1n) is 7.05. The van der Waals surface area contributed by atoms with E-state index in [9.17, 15) is 13.2 Å². The second kappa shape index (κ2) is 6.01. The number of hydrogen-bond acceptors (Lipinski definition) is 4. The maximum Gasteiger partial charge on any atom is 0.239 e. The molecule has 0 fully saturated rings. The van der Waals surface area contributed by atoms with Crippen molar-refractivity contribution < 1.29 is 13.2 Å². The number of nitrogens with two attached hydrogens (primary N) is 1. The number of carbonyl (C=O) groups excluding carboxylic acids is 1. The van der Waals surface area contributed by atoms with Gasteiger partial charge in [0.25, 0.3) is 0 Å². The summed E-state index contributed by atoms with van der Waals surface area (Å²) in [4.78, 5) is 16.7. The van der Waals surface area contributed by atoms with Gasteiger partial charge < -0.3 is 4.57 Å². The number of halogens is 1. The number of rotatable bonds is 4. The van der Waals surface area contributed by atoms with Crippen LogP contribution in [-0.2, 0) is 16.6 Å². The zero-order chi connectivity index (χ0) is 17.5. The Morgan fingerprint density at radius 2 is 1.96 bits per heavy atom. The Labute approximate surface area is 143 Å². The molecule has 124 valence electrons. The third-order valence-electron chi connectivity index (χ3n) is 3.71. The molecule has 2 N–H and O–H groups in total. The highest BCUT2D eigenvalue weighted by Gasteiger charge is 2.17. The number of primary sulfonamides is 1. The molecule has 0 amide bonds. The van der Waals surface area contributed by atoms with E-state index in [4.69, 9.17) is 16.7 Å². The van der Waals surface area contributed by atoms with Crippen LogP contribution in [0.2, 0.25) is 5.02 Å². The third-order valence-corrected chi connectivity index (χ3v) is 5.10. The zero-order valence-electron chi connectivity index (χ0n) is 12.7. The first-order chi connectivity index (χ1) is 11.3. The highest BCUT2D eigenvalue weighted by atomic mass is 35.5. The summed E-state index contributed by atoms with van der Waals surface area (Å²) >= 11 is 5.94. The average Bonchev–Trinajstić information content (AvgIpc) is 2.82. The van der Waals surface area contributed by atoms with Gasteiger partial charge in [0, 0.05) is 5.56 Å². The molecule has 0 aliphatic rings. The predicted molar refractivity (Wildman–Crippen MR) is 91.6 cm³/mol. The van der Waals surface area contributed by atoms with E-state index in [0.717, 1.165) is 16.9 Å². The van der Waals surface area contributed by atoms with E-state index in [0.29, 0.717) is 5.56 Å². The lowest BCUT2D eigenvalue weighted by molar-refractivity contribution is 0.0972. The number of carbonyl (C=O) groups is 1. The number of ketones is 1. The summed E-state index contributed by atoms with van der Waals surface area (Å²) in [5.41, 5.74) is 1.98. The Kier molecular flexibility index (Phi) is 4.16. The fourth-order valence-corrected chi connectivity index (χ4v) is 3.63. The van der Waals surface area contributed by atoms with Crippen LogP contribution in [0, 0.1) is 6.92 Å². The smallest absolute Gasteiger partial charge is 0.239 e. The highest BCUT2D eigenvalue weighted by Crippen LogP contribution is 2.23. The van der Waals surface area contributed by atoms with E-state index in [1.165, 1.54) is 18.2 Å². The van der Waals surface area contributed by atoms with Gasteiger partial charge >= 0.3 is 0 Å². The van der Waals surface area contributed by atoms with Gasteiger partial charge in [-0.25, -0.2) is 18.5 Å². The van der Waals surface area contributed by atoms with Crippen molar-refractivity contribution in [3.8, 4) is 0 Å². The quantitative estimate of drug-likeness (QED) is 0.720. The number of sulfonamides is 1. The minimum absolute atomic E-state index is 0.0736. The summed E-state index contributed by atoms with van der Waals surface area (Å²) in [6.45, 7) is 1.90. The third kappa shape index (κ3) is 3.06. The van der Waals surface area contributed by atoms with Crippen molar-refractivity contribution in [3.63, 3.8) is 0 Å². The molecule has 3 rings (SSSR count). The van der Waals surface area contributed by atoms with Crippen LogP contribution in [0.3, 0.4) is 0 Å². The topological polar surface area (TPSA) is 95.0 Å². The van der Waals surface area contributed by atoms with Crippen molar-refractivity contribution in [2.45, 2.75) is 18.4 Å². The Bertz CT molecular complexity index is 1060. The van der Waals surface area contributed by atoms with Crippen LogP contribution in [0.25, 0.3) is 11.0 Å². The molecule has 0 radical (unpaired) electrons. The number of aryl methyl sites for hydroxylation is 1. The van der Waals surface area contributed by atoms with Crippen LogP contribution < -0.4 is 5.14 Å². The van der Waals surface area contributed by atoms with Gasteiger partial charge in [0.15, 0.2) is 5.78 Å². The van der Waals surface area contributed by atoms with Crippen molar-refractivity contribution in [2.24, 2.45) is 5.14 Å². The molecule has 0 aliphatic carbocycles. The molecule has 0 saturated heterocycles. The molecule has 3 aromatic rings. The van der Waals surface area contributed by atoms with Crippen molar-refractivity contribution in [1.29, 1.82) is 0 Å². The van der Waals surface area contributed by atoms with Crippen LogP contribution in [-0.4, -0.2) is 23.8 Å². The number of benzene rings is 2. The van der Waals surface area contributed by atoms with E-state index >= 15 is 0 Å². The van der Waals surface area contributed by atoms with Crippen molar-refractivity contribution in [3.05, 3.63) is 58.9 Å². The SMILES string of the molecule is Cc1nc2ccccc2n1CC(=O)c1ccc(S(N)(=O)=O)c(Cl)c1. The number of fused-ring (bicyclic) bond motifs is 1. The summed E-state index contributed by atoms with van der Waals surface area (Å²) in [5, 5.41) is 4.99. The summed E-state index contributed by atoms with van der Waals surface area (Å²) < 4.78 is 24.6. The molecule has 6 nitrogen and oxygen atoms in total. The van der Waals surface area contributed by atoms with Gasteiger partial charge in [-0.3, -0.25) is 4.79 Å². The first-order valence-corrected chi connectivity index (χ1v) is 8.97. The molecular weight excluding hydrogens is 350 g/mol. The molecule has 2 aromatic carbocycles. The predicted octanol–water partition coefficient (Wildman–Crippen LogP) is 2.53. The molecule has 8 heteroatoms. The fourth-order valence-electron chi connectivity index (χ4n) is 2.54. The van der Waals surface area contributed by atoms with Crippen molar-refractivity contribution in [2.75, 3.05) is 0 Å². The monoisotopic (exact) mass is 363 g/mol. The van der Waals surface area contributed by atoms with Gasteiger partial charge in [-0.2, -0.15) is 0 Å². The molecule has 0 bridgehead atoms. The van der Waals surface area contributed by atoms with Gasteiger partial charge in [0.05, 0.1) is 22.6 Å². The summed E-state index contributed by atoms with van der Waals surface area (Å²) in [6, 6.07) is 11.5. The van der Waals surface area contributed by atoms with Gasteiger partial charge in [-0.1, -0.05) is 23.7 Å². The Balaban J connectivity index is 1.95. The maximum absolute atomic E-state index is 12.5. The van der Waals surface area contributed by atoms with E-state index in [2.05, 4.69) is 4.98 Å². The Morgan fingerprint density at radius 1 is 1.25 bits per heavy atom. The minimum Gasteiger partial charge on any atom is -0.320 e. The fraction of sp³-hybridized carbons (Fsp3) is 0.125. The normalized spacial score (nSPS) is 11.8. The number of hydrogen-bond donors (Lipinski definition) is 1. The second-order valence-electron chi connectivity index (χ2n) is 5.35. The van der Waals surface area contributed by atoms with Crippen molar-refractivity contribution >= 4 is 38.4 Å². The molecule has 0 spiro atoms. The van der Waals surface area contributed by atoms with E-state index in [-0.39, 0.29) is 22.2 Å². The molecule has 1 aromatic heterocycles. The largest absolute Gasteiger partial charge is 0.320 e. The van der Waals surface area contributed by atoms with Gasteiger partial charge in [0.2, 0.25) is 10.0 Å². The maximum atomic E-state index is 12.5. The number of Topliss-reactive ketones (excluding diaryl/α,β-unsaturated/α-hetero) is 1. The standard InChI is InChI=1S/C16H14ClN3O3S/c1-10-19-13-4-2-3-5-14(13)20(10)9-15(21)11-6-7-16(12(17)8-11)24(18,22)23/h2-8H,9H2,1H3,(H2,18,22,23). The van der Waals surface area contributed by atoms with Gasteiger partial charge in [0.1, 0.15) is 10.7 Å². The molecule has 0 saturated carbocycles. The molecule has 24 heavy (non-hydrogen) atoms. The molecule has 1 heterocycles. The van der Waals surface area contributed by atoms with Crippen LogP contribution >= 0.6 is 11.6 Å². The average molecular weight is 364 g/mol. The molecule has 0 unspecified atom stereocenters. The Hall–Kier alpha value is -2.22. The van der Waals surface area contributed by atoms with E-state index < -0.39 is 10.0 Å². The van der Waals surface area contributed by atoms with Crippen molar-refractivity contribution in [1.82, 2.24) is 9.55 Å². The van der Waals surface area contributed by atoms with E-state index in [1.54, 1.807) is 4.57 Å². The van der Waals surface area contributed by atoms with Gasteiger partial charge in [-0.15, -0.1) is 0 Å².